The summed E-state index contributed by atoms with van der Waals surface area (Å²) in [4.78, 5) is 14.3. The summed E-state index contributed by atoms with van der Waals surface area (Å²) in [6, 6.07) is 9.78. The van der Waals surface area contributed by atoms with E-state index in [1.54, 1.807) is 17.1 Å². The van der Waals surface area contributed by atoms with Crippen molar-refractivity contribution in [2.45, 2.75) is 13.3 Å². The summed E-state index contributed by atoms with van der Waals surface area (Å²) in [5.41, 5.74) is 1.58. The first kappa shape index (κ1) is 14.8. The van der Waals surface area contributed by atoms with Crippen LogP contribution in [0.5, 0.6) is 0 Å². The van der Waals surface area contributed by atoms with Crippen LogP contribution < -0.4 is 0 Å². The summed E-state index contributed by atoms with van der Waals surface area (Å²) in [6.07, 6.45) is 4.37. The first-order valence-electron chi connectivity index (χ1n) is 6.71. The number of para-hydroxylation sites is 1. The number of hydrogen-bond acceptors (Lipinski definition) is 2. The molecule has 2 rings (SSSR count). The van der Waals surface area contributed by atoms with Crippen LogP contribution in [-0.2, 0) is 0 Å². The van der Waals surface area contributed by atoms with Crippen molar-refractivity contribution in [1.82, 2.24) is 14.7 Å². The van der Waals surface area contributed by atoms with E-state index in [1.165, 1.54) is 0 Å². The van der Waals surface area contributed by atoms with Crippen molar-refractivity contribution in [2.75, 3.05) is 18.4 Å². The number of nitrogens with zero attached hydrogens (tertiary/aromatic N) is 3. The first-order valence-corrected chi connectivity index (χ1v) is 7.83. The third-order valence-corrected chi connectivity index (χ3v) is 3.34. The van der Waals surface area contributed by atoms with Gasteiger partial charge in [0, 0.05) is 24.6 Å². The quantitative estimate of drug-likeness (QED) is 0.760. The average molecular weight is 336 g/mol. The highest BCUT2D eigenvalue weighted by Crippen LogP contribution is 2.10. The van der Waals surface area contributed by atoms with E-state index in [4.69, 9.17) is 0 Å². The first-order chi connectivity index (χ1) is 9.76. The van der Waals surface area contributed by atoms with Gasteiger partial charge in [0.15, 0.2) is 0 Å². The maximum atomic E-state index is 12.4. The van der Waals surface area contributed by atoms with Gasteiger partial charge in [-0.3, -0.25) is 4.79 Å². The summed E-state index contributed by atoms with van der Waals surface area (Å²) in [6.45, 7) is 3.55. The molecular formula is C15H18BrN3O. The number of carbonyl (C=O) groups is 1. The second-order valence-corrected chi connectivity index (χ2v) is 5.28. The van der Waals surface area contributed by atoms with Gasteiger partial charge in [-0.15, -0.1) is 0 Å². The monoisotopic (exact) mass is 335 g/mol. The van der Waals surface area contributed by atoms with Crippen LogP contribution in [0.1, 0.15) is 23.7 Å². The van der Waals surface area contributed by atoms with Gasteiger partial charge in [-0.2, -0.15) is 5.10 Å². The molecule has 1 aromatic carbocycles. The Hall–Kier alpha value is -1.62. The zero-order valence-electron chi connectivity index (χ0n) is 11.5. The molecule has 0 aliphatic carbocycles. The van der Waals surface area contributed by atoms with Crippen molar-refractivity contribution >= 4 is 21.8 Å². The van der Waals surface area contributed by atoms with Gasteiger partial charge in [0.25, 0.3) is 5.91 Å². The summed E-state index contributed by atoms with van der Waals surface area (Å²) in [5, 5.41) is 5.05. The molecule has 0 atom stereocenters. The smallest absolute Gasteiger partial charge is 0.257 e. The van der Waals surface area contributed by atoms with E-state index in [1.807, 2.05) is 35.2 Å². The molecule has 0 unspecified atom stereocenters. The number of rotatable bonds is 6. The van der Waals surface area contributed by atoms with Crippen LogP contribution in [0.3, 0.4) is 0 Å². The molecule has 0 saturated heterocycles. The van der Waals surface area contributed by atoms with E-state index in [9.17, 15) is 4.79 Å². The Morgan fingerprint density at radius 1 is 1.30 bits per heavy atom. The molecule has 0 aliphatic heterocycles. The SMILES string of the molecule is CCCN(CCBr)C(=O)c1cnn(-c2ccccc2)c1. The van der Waals surface area contributed by atoms with Crippen LogP contribution in [0.2, 0.25) is 0 Å². The van der Waals surface area contributed by atoms with Crippen LogP contribution >= 0.6 is 15.9 Å². The fourth-order valence-corrected chi connectivity index (χ4v) is 2.45. The predicted octanol–water partition coefficient (Wildman–Crippen LogP) is 3.12. The molecule has 4 nitrogen and oxygen atoms in total. The topological polar surface area (TPSA) is 38.1 Å². The standard InChI is InChI=1S/C15H18BrN3O/c1-2-9-18(10-8-16)15(20)13-11-17-19(12-13)14-6-4-3-5-7-14/h3-7,11-12H,2,8-10H2,1H3. The number of amides is 1. The average Bonchev–Trinajstić information content (AvgIpc) is 2.97. The molecule has 0 bridgehead atoms. The molecule has 20 heavy (non-hydrogen) atoms. The van der Waals surface area contributed by atoms with Crippen LogP contribution in [0.25, 0.3) is 5.69 Å². The van der Waals surface area contributed by atoms with Gasteiger partial charge in [-0.25, -0.2) is 4.68 Å². The van der Waals surface area contributed by atoms with Crippen molar-refractivity contribution in [1.29, 1.82) is 0 Å². The Morgan fingerprint density at radius 3 is 2.70 bits per heavy atom. The number of benzene rings is 1. The third kappa shape index (κ3) is 3.48. The highest BCUT2D eigenvalue weighted by Gasteiger charge is 2.16. The number of carbonyl (C=O) groups excluding carboxylic acids is 1. The minimum absolute atomic E-state index is 0.0356. The number of halogens is 1. The number of aromatic nitrogens is 2. The molecule has 2 aromatic rings. The molecule has 0 fully saturated rings. The van der Waals surface area contributed by atoms with E-state index >= 15 is 0 Å². The zero-order chi connectivity index (χ0) is 14.4. The van der Waals surface area contributed by atoms with Crippen molar-refractivity contribution in [3.63, 3.8) is 0 Å². The van der Waals surface area contributed by atoms with E-state index in [-0.39, 0.29) is 5.91 Å². The lowest BCUT2D eigenvalue weighted by Gasteiger charge is -2.20. The lowest BCUT2D eigenvalue weighted by atomic mass is 10.3. The molecule has 0 aliphatic rings. The molecule has 1 aromatic heterocycles. The summed E-state index contributed by atoms with van der Waals surface area (Å²) < 4.78 is 1.73. The number of alkyl halides is 1. The van der Waals surface area contributed by atoms with Crippen molar-refractivity contribution < 1.29 is 4.79 Å². The van der Waals surface area contributed by atoms with Gasteiger partial charge in [-0.05, 0) is 18.6 Å². The normalized spacial score (nSPS) is 10.5. The Kier molecular flexibility index (Phi) is 5.35. The molecule has 0 radical (unpaired) electrons. The van der Waals surface area contributed by atoms with Gasteiger partial charge in [-0.1, -0.05) is 41.1 Å². The van der Waals surface area contributed by atoms with Crippen molar-refractivity contribution in [3.8, 4) is 5.69 Å². The maximum absolute atomic E-state index is 12.4. The fraction of sp³-hybridized carbons (Fsp3) is 0.333. The lowest BCUT2D eigenvalue weighted by molar-refractivity contribution is 0.0766. The highest BCUT2D eigenvalue weighted by atomic mass is 79.9. The largest absolute Gasteiger partial charge is 0.338 e. The second-order valence-electron chi connectivity index (χ2n) is 4.49. The lowest BCUT2D eigenvalue weighted by Crippen LogP contribution is -2.33. The minimum Gasteiger partial charge on any atom is -0.338 e. The Morgan fingerprint density at radius 2 is 2.05 bits per heavy atom. The van der Waals surface area contributed by atoms with Crippen LogP contribution in [0.4, 0.5) is 0 Å². The molecule has 0 spiro atoms. The van der Waals surface area contributed by atoms with Gasteiger partial charge in [0.2, 0.25) is 0 Å². The predicted molar refractivity (Wildman–Crippen MR) is 83.6 cm³/mol. The van der Waals surface area contributed by atoms with E-state index < -0.39 is 0 Å². The molecule has 1 amide bonds. The van der Waals surface area contributed by atoms with Gasteiger partial charge < -0.3 is 4.90 Å². The van der Waals surface area contributed by atoms with E-state index in [0.29, 0.717) is 12.1 Å². The van der Waals surface area contributed by atoms with Crippen LogP contribution in [0.15, 0.2) is 42.7 Å². The summed E-state index contributed by atoms with van der Waals surface area (Å²) in [7, 11) is 0. The third-order valence-electron chi connectivity index (χ3n) is 2.99. The maximum Gasteiger partial charge on any atom is 0.257 e. The molecule has 0 saturated carbocycles. The van der Waals surface area contributed by atoms with Crippen molar-refractivity contribution in [2.24, 2.45) is 0 Å². The van der Waals surface area contributed by atoms with Gasteiger partial charge >= 0.3 is 0 Å². The Balaban J connectivity index is 2.17. The van der Waals surface area contributed by atoms with E-state index in [0.717, 1.165) is 24.0 Å². The van der Waals surface area contributed by atoms with Gasteiger partial charge in [0.05, 0.1) is 17.4 Å². The second kappa shape index (κ2) is 7.24. The van der Waals surface area contributed by atoms with E-state index in [2.05, 4.69) is 28.0 Å². The van der Waals surface area contributed by atoms with Crippen LogP contribution in [-0.4, -0.2) is 39.0 Å². The van der Waals surface area contributed by atoms with Crippen molar-refractivity contribution in [3.05, 3.63) is 48.3 Å². The molecule has 106 valence electrons. The molecular weight excluding hydrogens is 318 g/mol. The highest BCUT2D eigenvalue weighted by molar-refractivity contribution is 9.09. The molecule has 1 heterocycles. The Bertz CT molecular complexity index is 547. The molecule has 0 N–H and O–H groups in total. The zero-order valence-corrected chi connectivity index (χ0v) is 13.1. The fourth-order valence-electron chi connectivity index (χ4n) is 2.02. The molecule has 5 heteroatoms. The Labute approximate surface area is 127 Å². The van der Waals surface area contributed by atoms with Gasteiger partial charge in [0.1, 0.15) is 0 Å². The summed E-state index contributed by atoms with van der Waals surface area (Å²) in [5.74, 6) is 0.0356. The van der Waals surface area contributed by atoms with Crippen LogP contribution in [0, 0.1) is 0 Å². The minimum atomic E-state index is 0.0356. The number of hydrogen-bond donors (Lipinski definition) is 0. The summed E-state index contributed by atoms with van der Waals surface area (Å²) >= 11 is 3.39.